The Morgan fingerprint density at radius 3 is 2.44 bits per heavy atom. The molecule has 0 saturated carbocycles. The fraction of sp³-hybridized carbons (Fsp3) is 0.429. The van der Waals surface area contributed by atoms with Crippen LogP contribution in [0.25, 0.3) is 0 Å². The predicted octanol–water partition coefficient (Wildman–Crippen LogP) is 1.84. The molecule has 0 aliphatic carbocycles. The molecule has 50 heavy (non-hydrogen) atoms. The summed E-state index contributed by atoms with van der Waals surface area (Å²) >= 11 is 0. The zero-order valence-electron chi connectivity index (χ0n) is 28.8. The van der Waals surface area contributed by atoms with Crippen LogP contribution in [0.15, 0.2) is 41.2 Å². The van der Waals surface area contributed by atoms with Crippen molar-refractivity contribution in [3.05, 3.63) is 75.0 Å². The standard InChI is InChI=1S/C33H39N5O8.C2H4O2/c1-19-24(20(2)36-33(42)35-19)9-12-32(41)38-16-25-29(17-38)46-23-8-7-22(27(14-23)43-3)15-34-30(39)11-6-21-5-10-26(28(13-21)44-4)45-18-31(40)37-25;1-2(3)4/h5,7-8,10,13-14,25,29H,6,9,11-12,15-18H2,1-4H3,(H,34,39)(H,37,40)(H,35,36,42);1H3,(H,3,4)/t25-,29-;/m1./s1. The van der Waals surface area contributed by atoms with Crippen LogP contribution in [0, 0.1) is 13.8 Å². The molecule has 1 saturated heterocycles. The highest BCUT2D eigenvalue weighted by Gasteiger charge is 2.38. The number of hydrogen-bond acceptors (Lipinski definition) is 10. The number of aromatic nitrogens is 2. The van der Waals surface area contributed by atoms with E-state index in [4.69, 9.17) is 28.8 Å². The quantitative estimate of drug-likeness (QED) is 0.304. The fourth-order valence-corrected chi connectivity index (χ4v) is 5.79. The first-order valence-electron chi connectivity index (χ1n) is 16.1. The highest BCUT2D eigenvalue weighted by Crippen LogP contribution is 2.30. The lowest BCUT2D eigenvalue weighted by Gasteiger charge is -2.22. The number of aliphatic carboxylic acids is 1. The van der Waals surface area contributed by atoms with Gasteiger partial charge in [0.15, 0.2) is 18.1 Å². The minimum atomic E-state index is -0.833. The van der Waals surface area contributed by atoms with Crippen LogP contribution >= 0.6 is 0 Å². The summed E-state index contributed by atoms with van der Waals surface area (Å²) in [5, 5.41) is 13.3. The molecule has 0 unspecified atom stereocenters. The van der Waals surface area contributed by atoms with Gasteiger partial charge in [0.05, 0.1) is 26.8 Å². The monoisotopic (exact) mass is 693 g/mol. The van der Waals surface area contributed by atoms with Crippen molar-refractivity contribution in [2.24, 2.45) is 0 Å². The molecule has 5 aliphatic rings. The summed E-state index contributed by atoms with van der Waals surface area (Å²) in [6, 6.07) is 10.1. The van der Waals surface area contributed by atoms with E-state index in [0.717, 1.165) is 23.6 Å². The maximum atomic E-state index is 13.4. The molecule has 4 N–H and O–H groups in total. The number of rotatable bonds is 5. The van der Waals surface area contributed by atoms with Gasteiger partial charge in [0.1, 0.15) is 17.6 Å². The number of likely N-dealkylation sites (tertiary alicyclic amines) is 1. The second-order valence-corrected chi connectivity index (χ2v) is 11.9. The lowest BCUT2D eigenvalue weighted by Crippen LogP contribution is -2.46. The predicted molar refractivity (Wildman–Crippen MR) is 181 cm³/mol. The molecule has 268 valence electrons. The first kappa shape index (κ1) is 37.2. The van der Waals surface area contributed by atoms with Crippen molar-refractivity contribution in [3.63, 3.8) is 0 Å². The molecule has 0 radical (unpaired) electrons. The highest BCUT2D eigenvalue weighted by atomic mass is 16.5. The summed E-state index contributed by atoms with van der Waals surface area (Å²) in [7, 11) is 3.05. The van der Waals surface area contributed by atoms with Crippen molar-refractivity contribution in [2.45, 2.75) is 65.1 Å². The number of aryl methyl sites for hydroxylation is 3. The van der Waals surface area contributed by atoms with Crippen LogP contribution in [0.3, 0.4) is 0 Å². The number of amides is 3. The lowest BCUT2D eigenvalue weighted by atomic mass is 10.1. The van der Waals surface area contributed by atoms with E-state index in [0.29, 0.717) is 47.2 Å². The van der Waals surface area contributed by atoms with Crippen LogP contribution in [0.4, 0.5) is 0 Å². The van der Waals surface area contributed by atoms with Gasteiger partial charge >= 0.3 is 5.69 Å². The average Bonchev–Trinajstić information content (AvgIpc) is 3.46. The van der Waals surface area contributed by atoms with E-state index in [2.05, 4.69) is 20.6 Å². The summed E-state index contributed by atoms with van der Waals surface area (Å²) in [6.45, 7) is 5.08. The Labute approximate surface area is 289 Å². The molecule has 4 bridgehead atoms. The van der Waals surface area contributed by atoms with Crippen LogP contribution in [0.5, 0.6) is 23.0 Å². The van der Waals surface area contributed by atoms with Gasteiger partial charge in [0.2, 0.25) is 11.8 Å². The molecular weight excluding hydrogens is 650 g/mol. The Morgan fingerprint density at radius 1 is 1.00 bits per heavy atom. The maximum Gasteiger partial charge on any atom is 0.345 e. The van der Waals surface area contributed by atoms with Gasteiger partial charge in [-0.3, -0.25) is 19.2 Å². The van der Waals surface area contributed by atoms with E-state index in [1.807, 2.05) is 12.1 Å². The minimum Gasteiger partial charge on any atom is -0.496 e. The Hall–Kier alpha value is -5.60. The first-order valence-corrected chi connectivity index (χ1v) is 16.1. The minimum absolute atomic E-state index is 0.117. The third-order valence-electron chi connectivity index (χ3n) is 8.26. The summed E-state index contributed by atoms with van der Waals surface area (Å²) < 4.78 is 23.2. The van der Waals surface area contributed by atoms with Crippen molar-refractivity contribution in [2.75, 3.05) is 33.9 Å². The number of carboxylic acids is 1. The van der Waals surface area contributed by atoms with Crippen LogP contribution in [-0.2, 0) is 38.6 Å². The Bertz CT molecular complexity index is 1740. The number of carbonyl (C=O) groups excluding carboxylic acids is 3. The van der Waals surface area contributed by atoms with E-state index in [1.165, 1.54) is 7.11 Å². The van der Waals surface area contributed by atoms with E-state index in [-0.39, 0.29) is 56.8 Å². The van der Waals surface area contributed by atoms with Gasteiger partial charge in [0, 0.05) is 55.9 Å². The Kier molecular flexibility index (Phi) is 12.8. The van der Waals surface area contributed by atoms with Crippen LogP contribution < -0.4 is 35.3 Å². The van der Waals surface area contributed by atoms with E-state index in [9.17, 15) is 19.2 Å². The molecule has 6 heterocycles. The number of carboxylic acid groups (broad SMARTS) is 1. The number of ether oxygens (including phenoxy) is 4. The number of nitrogens with one attached hydrogen (secondary N) is 3. The molecular formula is C35H43N5O10. The molecule has 5 aliphatic heterocycles. The van der Waals surface area contributed by atoms with Gasteiger partial charge in [-0.05, 0) is 62.1 Å². The van der Waals surface area contributed by atoms with Gasteiger partial charge in [-0.15, -0.1) is 0 Å². The zero-order chi connectivity index (χ0) is 36.4. The largest absolute Gasteiger partial charge is 0.496 e. The fourth-order valence-electron chi connectivity index (χ4n) is 5.79. The molecule has 3 aromatic rings. The zero-order valence-corrected chi connectivity index (χ0v) is 28.8. The van der Waals surface area contributed by atoms with Crippen molar-refractivity contribution >= 4 is 23.7 Å². The van der Waals surface area contributed by atoms with Gasteiger partial charge in [-0.25, -0.2) is 4.79 Å². The molecule has 1 aromatic heterocycles. The van der Waals surface area contributed by atoms with Crippen LogP contribution in [0.2, 0.25) is 0 Å². The number of H-pyrrole nitrogens is 1. The normalized spacial score (nSPS) is 17.6. The average molecular weight is 694 g/mol. The molecule has 15 nitrogen and oxygen atoms in total. The van der Waals surface area contributed by atoms with Crippen LogP contribution in [0.1, 0.15) is 47.8 Å². The Balaban J connectivity index is 0.00000133. The second-order valence-electron chi connectivity index (χ2n) is 11.9. The molecule has 2 atom stereocenters. The third-order valence-corrected chi connectivity index (χ3v) is 8.26. The SMILES string of the molecule is CC(=O)O.COc1cc2ccc1CNC(=O)CCc1ccc(c(OC)c1)OCC(=O)N[C@@H]1CN(C(=O)CCc3c(C)nc(=O)[nH]c3C)C[C@H]1O2. The number of nitrogens with zero attached hydrogens (tertiary/aromatic N) is 2. The molecule has 2 aromatic carbocycles. The van der Waals surface area contributed by atoms with E-state index >= 15 is 0 Å². The molecule has 1 fully saturated rings. The summed E-state index contributed by atoms with van der Waals surface area (Å²) in [5.74, 6) is 0.415. The van der Waals surface area contributed by atoms with Crippen LogP contribution in [-0.4, -0.2) is 89.7 Å². The van der Waals surface area contributed by atoms with Crippen molar-refractivity contribution in [1.29, 1.82) is 0 Å². The number of hydrogen-bond donors (Lipinski definition) is 4. The molecule has 3 amide bonds. The van der Waals surface area contributed by atoms with E-state index in [1.54, 1.807) is 50.1 Å². The van der Waals surface area contributed by atoms with Gasteiger partial charge in [0.25, 0.3) is 11.9 Å². The van der Waals surface area contributed by atoms with Gasteiger partial charge in [-0.1, -0.05) is 6.07 Å². The number of benzene rings is 2. The smallest absolute Gasteiger partial charge is 0.345 e. The topological polar surface area (TPSA) is 198 Å². The molecule has 15 heteroatoms. The van der Waals surface area contributed by atoms with Gasteiger partial charge < -0.3 is 44.6 Å². The number of aromatic amines is 1. The second kappa shape index (κ2) is 17.2. The maximum absolute atomic E-state index is 13.4. The molecule has 0 spiro atoms. The number of carbonyl (C=O) groups is 4. The molecule has 8 rings (SSSR count). The summed E-state index contributed by atoms with van der Waals surface area (Å²) in [5.41, 5.74) is 3.34. The van der Waals surface area contributed by atoms with Crippen molar-refractivity contribution < 1.29 is 43.2 Å². The van der Waals surface area contributed by atoms with Gasteiger partial charge in [-0.2, -0.15) is 4.98 Å². The Morgan fingerprint density at radius 2 is 1.74 bits per heavy atom. The van der Waals surface area contributed by atoms with Crippen molar-refractivity contribution in [1.82, 2.24) is 25.5 Å². The lowest BCUT2D eigenvalue weighted by molar-refractivity contribution is -0.134. The summed E-state index contributed by atoms with van der Waals surface area (Å²) in [6.07, 6.45) is 0.792. The van der Waals surface area contributed by atoms with Crippen molar-refractivity contribution in [3.8, 4) is 23.0 Å². The highest BCUT2D eigenvalue weighted by molar-refractivity contribution is 5.80. The number of methoxy groups -OCH3 is 2. The van der Waals surface area contributed by atoms with E-state index < -0.39 is 23.8 Å². The summed E-state index contributed by atoms with van der Waals surface area (Å²) in [4.78, 5) is 68.1. The third kappa shape index (κ3) is 10.2. The first-order chi connectivity index (χ1) is 23.9.